The van der Waals surface area contributed by atoms with E-state index in [1.807, 2.05) is 40.7 Å². The molecule has 0 saturated heterocycles. The van der Waals surface area contributed by atoms with Crippen molar-refractivity contribution in [2.75, 3.05) is 0 Å². The number of fused-ring (bicyclic) bond motifs is 1. The molecule has 0 spiro atoms. The van der Waals surface area contributed by atoms with E-state index in [1.165, 1.54) is 5.57 Å². The van der Waals surface area contributed by atoms with Gasteiger partial charge in [-0.15, -0.1) is 0 Å². The summed E-state index contributed by atoms with van der Waals surface area (Å²) in [6.07, 6.45) is 13.0. The van der Waals surface area contributed by atoms with E-state index in [0.29, 0.717) is 31.1 Å². The number of carbonyl (C=O) groups is 1. The highest BCUT2D eigenvalue weighted by molar-refractivity contribution is 7.55. The molecular weight excluding hydrogens is 523 g/mol. The molecule has 2 N–H and O–H groups in total. The molecule has 3 aliphatic rings. The highest BCUT2D eigenvalue weighted by atomic mass is 31.2. The predicted octanol–water partition coefficient (Wildman–Crippen LogP) is 7.71. The molecular formula is C33H53O6P. The third-order valence-electron chi connectivity index (χ3n) is 9.31. The second kappa shape index (κ2) is 13.8. The van der Waals surface area contributed by atoms with Crippen LogP contribution in [0.1, 0.15) is 99.8 Å². The highest BCUT2D eigenvalue weighted by Crippen LogP contribution is 2.60. The zero-order valence-electron chi connectivity index (χ0n) is 25.8. The zero-order chi connectivity index (χ0) is 29.8. The van der Waals surface area contributed by atoms with E-state index in [2.05, 4.69) is 32.6 Å². The second-order valence-corrected chi connectivity index (χ2v) is 15.2. The van der Waals surface area contributed by atoms with Crippen molar-refractivity contribution in [2.24, 2.45) is 23.2 Å². The summed E-state index contributed by atoms with van der Waals surface area (Å²) in [6.45, 7) is 17.8. The van der Waals surface area contributed by atoms with Crippen molar-refractivity contribution in [2.45, 2.75) is 130 Å². The number of rotatable bonds is 11. The van der Waals surface area contributed by atoms with Crippen molar-refractivity contribution in [3.8, 4) is 0 Å². The van der Waals surface area contributed by atoms with E-state index in [4.69, 9.17) is 9.05 Å². The van der Waals surface area contributed by atoms with E-state index >= 15 is 0 Å². The van der Waals surface area contributed by atoms with Crippen LogP contribution in [0.3, 0.4) is 0 Å². The Morgan fingerprint density at radius 1 is 1.12 bits per heavy atom. The molecule has 3 aliphatic carbocycles. The summed E-state index contributed by atoms with van der Waals surface area (Å²) in [4.78, 5) is 13.3. The first kappa shape index (κ1) is 33.2. The van der Waals surface area contributed by atoms with Gasteiger partial charge in [0, 0.05) is 6.42 Å². The molecule has 0 radical (unpaired) electrons. The van der Waals surface area contributed by atoms with E-state index in [1.54, 1.807) is 6.08 Å². The Morgan fingerprint density at radius 3 is 2.38 bits per heavy atom. The van der Waals surface area contributed by atoms with Gasteiger partial charge in [0.15, 0.2) is 5.78 Å². The summed E-state index contributed by atoms with van der Waals surface area (Å²) in [5.74, 6) is 0.932. The standard InChI is InChI=1S/C33H53O6P/c1-9-32(40(37,38-21(2)3)39-22(4)5)30(35)17-12-23(6)28-15-16-29-25(11-10-18-33(28,29)8)13-14-26-19-27(34)20-31(36)24(26)7/h12-14,17,21-23,27-29,31-32,34,36H,7,9-11,15-16,18-20H2,1-6,8H3/t23-,27-,28-,29?,31+,32?,33-/m1/s1. The Bertz CT molecular complexity index is 1040. The summed E-state index contributed by atoms with van der Waals surface area (Å²) in [5, 5.41) is 20.4. The van der Waals surface area contributed by atoms with Gasteiger partial charge in [-0.05, 0) is 113 Å². The summed E-state index contributed by atoms with van der Waals surface area (Å²) in [7, 11) is -3.61. The largest absolute Gasteiger partial charge is 0.393 e. The van der Waals surface area contributed by atoms with Gasteiger partial charge in [0.1, 0.15) is 5.66 Å². The first-order valence-electron chi connectivity index (χ1n) is 15.3. The van der Waals surface area contributed by atoms with Crippen molar-refractivity contribution in [1.82, 2.24) is 0 Å². The molecule has 40 heavy (non-hydrogen) atoms. The van der Waals surface area contributed by atoms with Gasteiger partial charge >= 0.3 is 7.60 Å². The molecule has 6 nitrogen and oxygen atoms in total. The summed E-state index contributed by atoms with van der Waals surface area (Å²) in [6, 6.07) is 0. The molecule has 3 rings (SSSR count). The van der Waals surface area contributed by atoms with Crippen molar-refractivity contribution in [3.05, 3.63) is 47.6 Å². The average Bonchev–Trinajstić information content (AvgIpc) is 3.20. The van der Waals surface area contributed by atoms with E-state index in [9.17, 15) is 19.6 Å². The Hall–Kier alpha value is -1.30. The highest BCUT2D eigenvalue weighted by Gasteiger charge is 2.50. The van der Waals surface area contributed by atoms with Crippen molar-refractivity contribution in [3.63, 3.8) is 0 Å². The molecule has 226 valence electrons. The van der Waals surface area contributed by atoms with Gasteiger partial charge in [-0.3, -0.25) is 9.36 Å². The Balaban J connectivity index is 1.76. The van der Waals surface area contributed by atoms with Gasteiger partial charge < -0.3 is 19.3 Å². The zero-order valence-corrected chi connectivity index (χ0v) is 26.7. The maximum atomic E-state index is 13.7. The topological polar surface area (TPSA) is 93.1 Å². The third-order valence-corrected chi connectivity index (χ3v) is 12.1. The van der Waals surface area contributed by atoms with Crippen LogP contribution in [0.25, 0.3) is 0 Å². The number of aliphatic hydroxyl groups is 2. The molecule has 3 saturated carbocycles. The second-order valence-electron chi connectivity index (χ2n) is 13.1. The van der Waals surface area contributed by atoms with Crippen LogP contribution in [-0.4, -0.2) is 46.1 Å². The van der Waals surface area contributed by atoms with Gasteiger partial charge in [-0.1, -0.05) is 51.2 Å². The quantitative estimate of drug-likeness (QED) is 0.193. The predicted molar refractivity (Wildman–Crippen MR) is 162 cm³/mol. The minimum absolute atomic E-state index is 0.138. The fraction of sp³-hybridized carbons (Fsp3) is 0.727. The third kappa shape index (κ3) is 7.55. The monoisotopic (exact) mass is 576 g/mol. The molecule has 7 heteroatoms. The first-order valence-corrected chi connectivity index (χ1v) is 17.0. The maximum Gasteiger partial charge on any atom is 0.341 e. The van der Waals surface area contributed by atoms with E-state index < -0.39 is 25.5 Å². The summed E-state index contributed by atoms with van der Waals surface area (Å²) < 4.78 is 25.2. The Kier molecular flexibility index (Phi) is 11.4. The van der Waals surface area contributed by atoms with Gasteiger partial charge in [0.2, 0.25) is 0 Å². The SMILES string of the molecule is C=C1C(=CC=C2CCC[C@@]3(C)C2CC[C@@H]3[C@H](C)C=CC(=O)C(CC)P(=O)(OC(C)C)OC(C)C)C[C@@H](O)C[C@@H]1O. The normalized spacial score (nSPS) is 33.3. The summed E-state index contributed by atoms with van der Waals surface area (Å²) >= 11 is 0. The minimum Gasteiger partial charge on any atom is -0.393 e. The summed E-state index contributed by atoms with van der Waals surface area (Å²) in [5.41, 5.74) is 2.44. The van der Waals surface area contributed by atoms with Crippen LogP contribution in [-0.2, 0) is 18.4 Å². The molecule has 7 atom stereocenters. The van der Waals surface area contributed by atoms with Crippen LogP contribution in [0.15, 0.2) is 47.6 Å². The molecule has 0 heterocycles. The Morgan fingerprint density at radius 2 is 1.77 bits per heavy atom. The lowest BCUT2D eigenvalue weighted by Gasteiger charge is -2.44. The maximum absolute atomic E-state index is 13.7. The van der Waals surface area contributed by atoms with Crippen LogP contribution in [0.4, 0.5) is 0 Å². The smallest absolute Gasteiger partial charge is 0.341 e. The lowest BCUT2D eigenvalue weighted by atomic mass is 9.61. The lowest BCUT2D eigenvalue weighted by Crippen LogP contribution is -2.35. The molecule has 0 amide bonds. The number of hydrogen-bond donors (Lipinski definition) is 2. The van der Waals surface area contributed by atoms with Crippen LogP contribution in [0.2, 0.25) is 0 Å². The van der Waals surface area contributed by atoms with E-state index in [-0.39, 0.29) is 29.3 Å². The van der Waals surface area contributed by atoms with Gasteiger partial charge in [-0.2, -0.15) is 0 Å². The minimum atomic E-state index is -3.61. The van der Waals surface area contributed by atoms with Gasteiger partial charge in [0.05, 0.1) is 24.4 Å². The molecule has 0 bridgehead atoms. The number of hydrogen-bond acceptors (Lipinski definition) is 6. The van der Waals surface area contributed by atoms with Gasteiger partial charge in [-0.25, -0.2) is 0 Å². The fourth-order valence-corrected chi connectivity index (χ4v) is 9.80. The van der Waals surface area contributed by atoms with Crippen LogP contribution in [0.5, 0.6) is 0 Å². The van der Waals surface area contributed by atoms with Crippen LogP contribution < -0.4 is 0 Å². The average molecular weight is 577 g/mol. The molecule has 3 fully saturated rings. The number of aliphatic hydroxyl groups excluding tert-OH is 2. The van der Waals surface area contributed by atoms with Crippen molar-refractivity contribution in [1.29, 1.82) is 0 Å². The van der Waals surface area contributed by atoms with Crippen molar-refractivity contribution >= 4 is 13.4 Å². The van der Waals surface area contributed by atoms with Crippen molar-refractivity contribution < 1.29 is 28.6 Å². The number of carbonyl (C=O) groups excluding carboxylic acids is 1. The lowest BCUT2D eigenvalue weighted by molar-refractivity contribution is -0.114. The number of allylic oxidation sites excluding steroid dienone is 5. The fourth-order valence-electron chi connectivity index (χ4n) is 7.44. The van der Waals surface area contributed by atoms with Crippen LogP contribution >= 0.6 is 7.60 Å². The molecule has 2 unspecified atom stereocenters. The number of ketones is 1. The van der Waals surface area contributed by atoms with Gasteiger partial charge in [0.25, 0.3) is 0 Å². The Labute approximate surface area is 242 Å². The molecule has 0 aromatic heterocycles. The van der Waals surface area contributed by atoms with Crippen LogP contribution in [0, 0.1) is 23.2 Å². The molecule has 0 aromatic rings. The van der Waals surface area contributed by atoms with E-state index in [0.717, 1.165) is 43.3 Å². The molecule has 0 aliphatic heterocycles. The first-order chi connectivity index (χ1) is 18.7. The molecule has 0 aromatic carbocycles.